The van der Waals surface area contributed by atoms with Gasteiger partial charge in [-0.2, -0.15) is 13.2 Å². The molecule has 5 fully saturated rings. The molecule has 0 N–H and O–H groups in total. The van der Waals surface area contributed by atoms with Crippen molar-refractivity contribution in [1.29, 1.82) is 0 Å². The van der Waals surface area contributed by atoms with Gasteiger partial charge in [0.2, 0.25) is 5.91 Å². The van der Waals surface area contributed by atoms with Gasteiger partial charge in [0.1, 0.15) is 5.41 Å². The Bertz CT molecular complexity index is 1110. The summed E-state index contributed by atoms with van der Waals surface area (Å²) >= 11 is 0. The lowest BCUT2D eigenvalue weighted by molar-refractivity contribution is -0.248. The van der Waals surface area contributed by atoms with Crippen LogP contribution in [0.2, 0.25) is 0 Å². The minimum atomic E-state index is -4.50. The Kier molecular flexibility index (Phi) is 6.91. The number of nitrogens with zero attached hydrogens (tertiary/aromatic N) is 4. The molecule has 2 bridgehead atoms. The number of halogens is 3. The molecular formula is C31H43F3N4O2. The van der Waals surface area contributed by atoms with E-state index in [-0.39, 0.29) is 42.3 Å². The van der Waals surface area contributed by atoms with Gasteiger partial charge in [-0.15, -0.1) is 0 Å². The van der Waals surface area contributed by atoms with Crippen LogP contribution in [0.1, 0.15) is 77.2 Å². The fraction of sp³-hybridized carbons (Fsp3) is 0.742. The van der Waals surface area contributed by atoms with Gasteiger partial charge in [0, 0.05) is 56.8 Å². The van der Waals surface area contributed by atoms with Crippen molar-refractivity contribution in [1.82, 2.24) is 19.6 Å². The van der Waals surface area contributed by atoms with Crippen LogP contribution in [-0.2, 0) is 4.79 Å². The van der Waals surface area contributed by atoms with Gasteiger partial charge >= 0.3 is 12.2 Å². The Morgan fingerprint density at radius 3 is 2.23 bits per heavy atom. The van der Waals surface area contributed by atoms with Crippen LogP contribution in [0.4, 0.5) is 18.0 Å². The number of urea groups is 1. The quantitative estimate of drug-likeness (QED) is 0.462. The van der Waals surface area contributed by atoms with E-state index >= 15 is 0 Å². The van der Waals surface area contributed by atoms with E-state index in [9.17, 15) is 22.8 Å². The minimum absolute atomic E-state index is 0.0154. The first-order chi connectivity index (χ1) is 19.0. The summed E-state index contributed by atoms with van der Waals surface area (Å²) in [6, 6.07) is 11.0. The molecule has 2 unspecified atom stereocenters. The zero-order valence-corrected chi connectivity index (χ0v) is 24.0. The lowest BCUT2D eigenvalue weighted by Crippen LogP contribution is -2.60. The molecule has 1 spiro atoms. The van der Waals surface area contributed by atoms with Crippen molar-refractivity contribution >= 4 is 11.9 Å². The molecule has 4 atom stereocenters. The molecule has 3 amide bonds. The Balaban J connectivity index is 1.23. The van der Waals surface area contributed by atoms with E-state index in [0.717, 1.165) is 44.3 Å². The van der Waals surface area contributed by atoms with Crippen molar-refractivity contribution in [2.45, 2.75) is 101 Å². The highest BCUT2D eigenvalue weighted by Gasteiger charge is 2.65. The van der Waals surface area contributed by atoms with Crippen LogP contribution in [0.25, 0.3) is 0 Å². The van der Waals surface area contributed by atoms with Gasteiger partial charge < -0.3 is 14.7 Å². The van der Waals surface area contributed by atoms with Crippen molar-refractivity contribution in [2.75, 3.05) is 32.7 Å². The highest BCUT2D eigenvalue weighted by atomic mass is 19.4. The first-order valence-corrected chi connectivity index (χ1v) is 15.2. The van der Waals surface area contributed by atoms with E-state index in [4.69, 9.17) is 0 Å². The molecular weight excluding hydrogens is 517 g/mol. The number of carbonyl (C=O) groups excluding carboxylic acids is 2. The standard InChI is InChI=1S/C31H43F3N4O2/c1-4-35-20-29(38(21(2)3)28(35)40)15-24-11-12-25(16-29)37(24)18-23-17-36(19-26(23)22-9-6-5-7-10-22)27(39)30(13-8-14-30)31(32,33)34/h5-7,9-10,21,23-26H,4,8,11-20H2,1-3H3/t23-,24?,25?,26-,29?/m1/s1. The summed E-state index contributed by atoms with van der Waals surface area (Å²) in [5.74, 6) is -0.624. The zero-order valence-electron chi connectivity index (χ0n) is 24.0. The summed E-state index contributed by atoms with van der Waals surface area (Å²) < 4.78 is 42.3. The van der Waals surface area contributed by atoms with E-state index in [2.05, 4.69) is 35.8 Å². The van der Waals surface area contributed by atoms with Crippen LogP contribution in [-0.4, -0.2) is 94.1 Å². The number of rotatable bonds is 6. The van der Waals surface area contributed by atoms with Crippen LogP contribution in [0.3, 0.4) is 0 Å². The summed E-state index contributed by atoms with van der Waals surface area (Å²) in [6.45, 7) is 9.25. The van der Waals surface area contributed by atoms with E-state index in [1.54, 1.807) is 0 Å². The second-order valence-corrected chi connectivity index (χ2v) is 13.4. The SMILES string of the molecule is CCN1CC2(CC3CCC(C2)N3C[C@H]2CN(C(=O)C3(C(F)(F)F)CCC3)C[C@@H]2c2ccccc2)N(C(C)C)C1=O. The van der Waals surface area contributed by atoms with Gasteiger partial charge in [-0.05, 0) is 70.8 Å². The van der Waals surface area contributed by atoms with Crippen molar-refractivity contribution in [3.63, 3.8) is 0 Å². The fourth-order valence-electron chi connectivity index (χ4n) is 8.93. The number of alkyl halides is 3. The van der Waals surface area contributed by atoms with E-state index < -0.39 is 17.5 Å². The zero-order chi connectivity index (χ0) is 28.4. The van der Waals surface area contributed by atoms with Gasteiger partial charge in [-0.1, -0.05) is 36.8 Å². The maximum Gasteiger partial charge on any atom is 0.403 e. The highest BCUT2D eigenvalue weighted by molar-refractivity contribution is 5.85. The van der Waals surface area contributed by atoms with Crippen LogP contribution >= 0.6 is 0 Å². The first-order valence-electron chi connectivity index (χ1n) is 15.2. The van der Waals surface area contributed by atoms with Crippen molar-refractivity contribution in [3.05, 3.63) is 35.9 Å². The monoisotopic (exact) mass is 560 g/mol. The maximum atomic E-state index is 14.1. The highest BCUT2D eigenvalue weighted by Crippen LogP contribution is 2.55. The lowest BCUT2D eigenvalue weighted by Gasteiger charge is -2.50. The summed E-state index contributed by atoms with van der Waals surface area (Å²) in [7, 11) is 0. The van der Waals surface area contributed by atoms with Gasteiger partial charge in [0.25, 0.3) is 0 Å². The van der Waals surface area contributed by atoms with Crippen molar-refractivity contribution < 1.29 is 22.8 Å². The minimum Gasteiger partial charge on any atom is -0.341 e. The van der Waals surface area contributed by atoms with E-state index in [0.29, 0.717) is 38.1 Å². The number of carbonyl (C=O) groups is 2. The van der Waals surface area contributed by atoms with E-state index in [1.165, 1.54) is 4.90 Å². The normalized spacial score (nSPS) is 33.9. The average molecular weight is 561 g/mol. The fourth-order valence-corrected chi connectivity index (χ4v) is 8.93. The Labute approximate surface area is 235 Å². The Morgan fingerprint density at radius 1 is 1.05 bits per heavy atom. The predicted octanol–water partition coefficient (Wildman–Crippen LogP) is 5.49. The first kappa shape index (κ1) is 27.9. The maximum absolute atomic E-state index is 14.1. The summed E-state index contributed by atoms with van der Waals surface area (Å²) in [5, 5.41) is 0. The third-order valence-electron chi connectivity index (χ3n) is 10.9. The van der Waals surface area contributed by atoms with Gasteiger partial charge in [0.05, 0.1) is 5.54 Å². The topological polar surface area (TPSA) is 47.1 Å². The largest absolute Gasteiger partial charge is 0.403 e. The number of likely N-dealkylation sites (tertiary alicyclic amines) is 1. The molecule has 6 rings (SSSR count). The van der Waals surface area contributed by atoms with Crippen LogP contribution in [0, 0.1) is 11.3 Å². The molecule has 1 aliphatic carbocycles. The Morgan fingerprint density at radius 2 is 1.70 bits per heavy atom. The van der Waals surface area contributed by atoms with Gasteiger partial charge in [-0.3, -0.25) is 9.69 Å². The number of hydrogen-bond acceptors (Lipinski definition) is 3. The van der Waals surface area contributed by atoms with Crippen molar-refractivity contribution in [2.24, 2.45) is 11.3 Å². The summed E-state index contributed by atoms with van der Waals surface area (Å²) in [4.78, 5) is 35.0. The molecule has 5 aliphatic rings. The Hall–Kier alpha value is -2.29. The average Bonchev–Trinajstić information content (AvgIpc) is 3.48. The number of fused-ring (bicyclic) bond motifs is 2. The second-order valence-electron chi connectivity index (χ2n) is 13.4. The third kappa shape index (κ3) is 4.24. The number of likely N-dealkylation sites (N-methyl/N-ethyl adjacent to an activating group) is 1. The van der Waals surface area contributed by atoms with Gasteiger partial charge in [-0.25, -0.2) is 4.79 Å². The molecule has 6 nitrogen and oxygen atoms in total. The van der Waals surface area contributed by atoms with Crippen LogP contribution in [0.5, 0.6) is 0 Å². The van der Waals surface area contributed by atoms with Crippen LogP contribution < -0.4 is 0 Å². The van der Waals surface area contributed by atoms with Gasteiger partial charge in [0.15, 0.2) is 0 Å². The molecule has 0 aromatic heterocycles. The molecule has 4 saturated heterocycles. The molecule has 0 radical (unpaired) electrons. The number of amides is 3. The molecule has 1 aromatic rings. The third-order valence-corrected chi connectivity index (χ3v) is 10.9. The molecule has 220 valence electrons. The molecule has 4 aliphatic heterocycles. The predicted molar refractivity (Wildman–Crippen MR) is 147 cm³/mol. The second kappa shape index (κ2) is 9.92. The number of benzene rings is 1. The molecule has 1 aromatic carbocycles. The molecule has 4 heterocycles. The number of hydrogen-bond donors (Lipinski definition) is 0. The molecule has 40 heavy (non-hydrogen) atoms. The van der Waals surface area contributed by atoms with E-state index in [1.807, 2.05) is 30.0 Å². The molecule has 1 saturated carbocycles. The summed E-state index contributed by atoms with van der Waals surface area (Å²) in [6.07, 6.45) is -0.192. The van der Waals surface area contributed by atoms with Crippen LogP contribution in [0.15, 0.2) is 30.3 Å². The summed E-state index contributed by atoms with van der Waals surface area (Å²) in [5.41, 5.74) is -1.24. The van der Waals surface area contributed by atoms with Crippen molar-refractivity contribution in [3.8, 4) is 0 Å². The lowest BCUT2D eigenvalue weighted by atomic mass is 9.67. The smallest absolute Gasteiger partial charge is 0.341 e. The molecule has 9 heteroatoms. The number of piperidine rings is 1.